The summed E-state index contributed by atoms with van der Waals surface area (Å²) in [5.41, 5.74) is 3.25. The zero-order chi connectivity index (χ0) is 13.7. The van der Waals surface area contributed by atoms with Crippen molar-refractivity contribution in [1.82, 2.24) is 5.32 Å². The maximum absolute atomic E-state index is 11.1. The Bertz CT molecular complexity index is 429. The van der Waals surface area contributed by atoms with Gasteiger partial charge in [-0.05, 0) is 57.1 Å². The van der Waals surface area contributed by atoms with Crippen LogP contribution in [0, 0.1) is 20.8 Å². The molecule has 100 valence electrons. The number of carbonyl (C=O) groups is 1. The van der Waals surface area contributed by atoms with Gasteiger partial charge in [0.05, 0.1) is 0 Å². The first-order chi connectivity index (χ1) is 8.45. The molecule has 0 aliphatic heterocycles. The number of aliphatic carboxylic acids is 1. The molecule has 4 heteroatoms. The van der Waals surface area contributed by atoms with Crippen LogP contribution < -0.4 is 10.1 Å². The number of nitrogens with one attached hydrogen (secondary N) is 1. The summed E-state index contributed by atoms with van der Waals surface area (Å²) in [6, 6.07) is 3.92. The molecule has 0 saturated carbocycles. The van der Waals surface area contributed by atoms with E-state index in [0.29, 0.717) is 18.7 Å². The van der Waals surface area contributed by atoms with Gasteiger partial charge >= 0.3 is 5.97 Å². The van der Waals surface area contributed by atoms with Crippen LogP contribution in [0.2, 0.25) is 0 Å². The quantitative estimate of drug-likeness (QED) is 0.812. The largest absolute Gasteiger partial charge is 0.479 e. The number of ether oxygens (including phenoxy) is 1. The molecule has 0 amide bonds. The Balaban J connectivity index is 2.86. The zero-order valence-electron chi connectivity index (χ0n) is 11.4. The van der Waals surface area contributed by atoms with Crippen LogP contribution in [-0.2, 0) is 4.79 Å². The van der Waals surface area contributed by atoms with Crippen LogP contribution in [-0.4, -0.2) is 30.8 Å². The normalized spacial score (nSPS) is 12.2. The number of carboxylic acids is 1. The maximum Gasteiger partial charge on any atom is 0.344 e. The summed E-state index contributed by atoms with van der Waals surface area (Å²) in [7, 11) is 1.79. The highest BCUT2D eigenvalue weighted by molar-refractivity contribution is 5.72. The number of hydrogen-bond donors (Lipinski definition) is 2. The van der Waals surface area contributed by atoms with Crippen LogP contribution in [0.15, 0.2) is 12.1 Å². The number of aryl methyl sites for hydroxylation is 3. The molecule has 0 fully saturated rings. The summed E-state index contributed by atoms with van der Waals surface area (Å²) in [6.45, 7) is 6.56. The lowest BCUT2D eigenvalue weighted by Crippen LogP contribution is -2.30. The van der Waals surface area contributed by atoms with E-state index in [4.69, 9.17) is 9.84 Å². The van der Waals surface area contributed by atoms with Gasteiger partial charge < -0.3 is 15.2 Å². The highest BCUT2D eigenvalue weighted by Crippen LogP contribution is 2.24. The molecule has 2 N–H and O–H groups in total. The number of rotatable bonds is 6. The fraction of sp³-hybridized carbons (Fsp3) is 0.500. The summed E-state index contributed by atoms with van der Waals surface area (Å²) in [6.07, 6.45) is -0.365. The van der Waals surface area contributed by atoms with E-state index in [-0.39, 0.29) is 0 Å². The second kappa shape index (κ2) is 6.40. The summed E-state index contributed by atoms with van der Waals surface area (Å²) in [4.78, 5) is 11.1. The molecule has 1 aromatic carbocycles. The van der Waals surface area contributed by atoms with Crippen molar-refractivity contribution in [1.29, 1.82) is 0 Å². The molecule has 0 aromatic heterocycles. The van der Waals surface area contributed by atoms with Crippen molar-refractivity contribution in [2.45, 2.75) is 33.3 Å². The second-order valence-electron chi connectivity index (χ2n) is 4.54. The van der Waals surface area contributed by atoms with Gasteiger partial charge in [-0.25, -0.2) is 4.79 Å². The first-order valence-electron chi connectivity index (χ1n) is 6.07. The van der Waals surface area contributed by atoms with Gasteiger partial charge in [-0.2, -0.15) is 0 Å². The van der Waals surface area contributed by atoms with Crippen LogP contribution in [0.3, 0.4) is 0 Å². The Labute approximate surface area is 108 Å². The van der Waals surface area contributed by atoms with E-state index in [9.17, 15) is 4.79 Å². The van der Waals surface area contributed by atoms with Gasteiger partial charge in [0.15, 0.2) is 6.10 Å². The smallest absolute Gasteiger partial charge is 0.344 e. The molecular formula is C14H21NO3. The van der Waals surface area contributed by atoms with E-state index in [1.165, 1.54) is 5.56 Å². The van der Waals surface area contributed by atoms with Gasteiger partial charge in [-0.1, -0.05) is 6.07 Å². The molecule has 4 nitrogen and oxygen atoms in total. The molecule has 1 atom stereocenters. The van der Waals surface area contributed by atoms with Crippen molar-refractivity contribution < 1.29 is 14.6 Å². The van der Waals surface area contributed by atoms with Gasteiger partial charge in [-0.3, -0.25) is 0 Å². The average molecular weight is 251 g/mol. The Kier molecular flexibility index (Phi) is 5.16. The van der Waals surface area contributed by atoms with E-state index < -0.39 is 12.1 Å². The third-order valence-corrected chi connectivity index (χ3v) is 2.99. The summed E-state index contributed by atoms with van der Waals surface area (Å²) < 4.78 is 5.61. The molecule has 0 radical (unpaired) electrons. The maximum atomic E-state index is 11.1. The van der Waals surface area contributed by atoms with Crippen molar-refractivity contribution in [2.75, 3.05) is 13.6 Å². The highest BCUT2D eigenvalue weighted by atomic mass is 16.5. The topological polar surface area (TPSA) is 58.6 Å². The standard InChI is InChI=1S/C14H21NO3/c1-9-7-11(3)13(8-10(9)2)18-12(14(16)17)5-6-15-4/h7-8,12,15H,5-6H2,1-4H3,(H,16,17). The molecule has 18 heavy (non-hydrogen) atoms. The molecular weight excluding hydrogens is 230 g/mol. The van der Waals surface area contributed by atoms with E-state index in [1.807, 2.05) is 32.9 Å². The molecule has 0 aliphatic carbocycles. The fourth-order valence-corrected chi connectivity index (χ4v) is 1.72. The van der Waals surface area contributed by atoms with E-state index >= 15 is 0 Å². The minimum atomic E-state index is -0.928. The van der Waals surface area contributed by atoms with E-state index in [1.54, 1.807) is 7.05 Å². The van der Waals surface area contributed by atoms with Crippen molar-refractivity contribution >= 4 is 5.97 Å². The van der Waals surface area contributed by atoms with Crippen molar-refractivity contribution in [3.63, 3.8) is 0 Å². The second-order valence-corrected chi connectivity index (χ2v) is 4.54. The van der Waals surface area contributed by atoms with Crippen molar-refractivity contribution in [3.05, 3.63) is 28.8 Å². The van der Waals surface area contributed by atoms with Gasteiger partial charge in [0.1, 0.15) is 5.75 Å². The third-order valence-electron chi connectivity index (χ3n) is 2.99. The van der Waals surface area contributed by atoms with Crippen LogP contribution >= 0.6 is 0 Å². The number of benzene rings is 1. The van der Waals surface area contributed by atoms with Gasteiger partial charge in [0.25, 0.3) is 0 Å². The zero-order valence-corrected chi connectivity index (χ0v) is 11.4. The number of hydrogen-bond acceptors (Lipinski definition) is 3. The lowest BCUT2D eigenvalue weighted by molar-refractivity contribution is -0.145. The first-order valence-corrected chi connectivity index (χ1v) is 6.07. The first kappa shape index (κ1) is 14.5. The molecule has 0 spiro atoms. The lowest BCUT2D eigenvalue weighted by Gasteiger charge is -2.17. The average Bonchev–Trinajstić information content (AvgIpc) is 2.30. The molecule has 0 heterocycles. The van der Waals surface area contributed by atoms with E-state index in [0.717, 1.165) is 11.1 Å². The van der Waals surface area contributed by atoms with Crippen molar-refractivity contribution in [2.24, 2.45) is 0 Å². The Morgan fingerprint density at radius 3 is 2.44 bits per heavy atom. The van der Waals surface area contributed by atoms with Gasteiger partial charge in [0.2, 0.25) is 0 Å². The molecule has 0 saturated heterocycles. The van der Waals surface area contributed by atoms with Crippen LogP contribution in [0.1, 0.15) is 23.1 Å². The molecule has 0 aliphatic rings. The summed E-state index contributed by atoms with van der Waals surface area (Å²) in [5, 5.41) is 12.1. The predicted molar refractivity (Wildman–Crippen MR) is 71.2 cm³/mol. The van der Waals surface area contributed by atoms with Crippen LogP contribution in [0.5, 0.6) is 5.75 Å². The Morgan fingerprint density at radius 2 is 1.89 bits per heavy atom. The predicted octanol–water partition coefficient (Wildman–Crippen LogP) is 2.05. The summed E-state index contributed by atoms with van der Waals surface area (Å²) in [5.74, 6) is -0.274. The fourth-order valence-electron chi connectivity index (χ4n) is 1.72. The van der Waals surface area contributed by atoms with Crippen molar-refractivity contribution in [3.8, 4) is 5.75 Å². The monoisotopic (exact) mass is 251 g/mol. The molecule has 0 bridgehead atoms. The Morgan fingerprint density at radius 1 is 1.28 bits per heavy atom. The molecule has 1 unspecified atom stereocenters. The number of carboxylic acid groups (broad SMARTS) is 1. The third kappa shape index (κ3) is 3.74. The summed E-state index contributed by atoms with van der Waals surface area (Å²) >= 11 is 0. The van der Waals surface area contributed by atoms with Crippen LogP contribution in [0.4, 0.5) is 0 Å². The SMILES string of the molecule is CNCCC(Oc1cc(C)c(C)cc1C)C(=O)O. The molecule has 1 aromatic rings. The van der Waals surface area contributed by atoms with Crippen LogP contribution in [0.25, 0.3) is 0 Å². The van der Waals surface area contributed by atoms with E-state index in [2.05, 4.69) is 5.32 Å². The minimum Gasteiger partial charge on any atom is -0.479 e. The molecule has 1 rings (SSSR count). The lowest BCUT2D eigenvalue weighted by atomic mass is 10.1. The Hall–Kier alpha value is -1.55. The highest BCUT2D eigenvalue weighted by Gasteiger charge is 2.19. The minimum absolute atomic E-state index is 0.443. The van der Waals surface area contributed by atoms with Gasteiger partial charge in [-0.15, -0.1) is 0 Å². The van der Waals surface area contributed by atoms with Gasteiger partial charge in [0, 0.05) is 6.42 Å².